The van der Waals surface area contributed by atoms with Gasteiger partial charge >= 0.3 is 0 Å². The van der Waals surface area contributed by atoms with Crippen molar-refractivity contribution >= 4 is 0 Å². The van der Waals surface area contributed by atoms with Crippen molar-refractivity contribution < 1.29 is 59.4 Å². The van der Waals surface area contributed by atoms with E-state index < -0.39 is 86.3 Å². The van der Waals surface area contributed by atoms with Crippen LogP contribution in [-0.4, -0.2) is 128 Å². The molecule has 0 spiro atoms. The molecule has 13 atom stereocenters. The molecule has 0 unspecified atom stereocenters. The van der Waals surface area contributed by atoms with Gasteiger partial charge < -0.3 is 59.4 Å². The standard InChI is InChI=1S/C22H38O12/c1-21(2)9-4-5-22(3,34-21)12(6-9)33-20-18(29)16(27)14(25)11(32-20)8-30-19-17(28)15(26)13(24)10(7-23)31-19/h9-20,23-29H,4-8H2,1-3H3/t9-,10+,11+,12+,13+,14+,15-,16-,17+,18+,19+,20-,22+/m0/s1. The normalized spacial score (nSPS) is 53.1. The SMILES string of the molecule is CC1(C)O[C@]2(C)CC[C@H]1C[C@H]2O[C@@H]1O[C@H](CO[C@@H]2O[C@H](CO)[C@@H](O)[C@H](O)[C@H]2O)[C@@H](O)[C@H](O)[C@H]1O. The van der Waals surface area contributed by atoms with E-state index >= 15 is 0 Å². The van der Waals surface area contributed by atoms with Crippen LogP contribution in [-0.2, 0) is 23.7 Å². The van der Waals surface area contributed by atoms with Crippen LogP contribution in [0.1, 0.15) is 40.0 Å². The Morgan fingerprint density at radius 2 is 1.38 bits per heavy atom. The second kappa shape index (κ2) is 9.77. The number of aliphatic hydroxyl groups is 7. The molecule has 0 aromatic carbocycles. The smallest absolute Gasteiger partial charge is 0.187 e. The number of ether oxygens (including phenoxy) is 5. The molecule has 4 aliphatic heterocycles. The Labute approximate surface area is 198 Å². The van der Waals surface area contributed by atoms with Crippen molar-refractivity contribution in [3.8, 4) is 0 Å². The van der Waals surface area contributed by atoms with Gasteiger partial charge in [-0.1, -0.05) is 0 Å². The van der Waals surface area contributed by atoms with E-state index in [0.29, 0.717) is 6.42 Å². The van der Waals surface area contributed by atoms with Gasteiger partial charge in [0.2, 0.25) is 0 Å². The summed E-state index contributed by atoms with van der Waals surface area (Å²) in [6, 6.07) is 0. The van der Waals surface area contributed by atoms with Crippen molar-refractivity contribution in [3.05, 3.63) is 0 Å². The summed E-state index contributed by atoms with van der Waals surface area (Å²) in [6.45, 7) is 5.03. The molecule has 34 heavy (non-hydrogen) atoms. The second-order valence-corrected chi connectivity index (χ2v) is 10.7. The van der Waals surface area contributed by atoms with Gasteiger partial charge in [-0.05, 0) is 46.0 Å². The van der Waals surface area contributed by atoms with E-state index in [4.69, 9.17) is 23.7 Å². The van der Waals surface area contributed by atoms with Gasteiger partial charge in [0.05, 0.1) is 30.5 Å². The predicted octanol–water partition coefficient (Wildman–Crippen LogP) is -2.64. The Bertz CT molecular complexity index is 705. The average Bonchev–Trinajstić information content (AvgIpc) is 2.78. The van der Waals surface area contributed by atoms with Gasteiger partial charge in [0, 0.05) is 0 Å². The Morgan fingerprint density at radius 3 is 1.97 bits per heavy atom. The lowest BCUT2D eigenvalue weighted by Gasteiger charge is -2.58. The molecule has 4 heterocycles. The first-order chi connectivity index (χ1) is 15.9. The molecule has 5 fully saturated rings. The summed E-state index contributed by atoms with van der Waals surface area (Å²) in [5.74, 6) is 0.265. The number of hydrogen-bond acceptors (Lipinski definition) is 12. The molecule has 1 saturated carbocycles. The lowest BCUT2D eigenvalue weighted by atomic mass is 9.67. The molecule has 7 N–H and O–H groups in total. The first-order valence-corrected chi connectivity index (χ1v) is 11.9. The Morgan fingerprint density at radius 1 is 0.794 bits per heavy atom. The van der Waals surface area contributed by atoms with E-state index in [-0.39, 0.29) is 11.5 Å². The topological polar surface area (TPSA) is 188 Å². The molecule has 12 nitrogen and oxygen atoms in total. The maximum atomic E-state index is 10.5. The maximum absolute atomic E-state index is 10.5. The van der Waals surface area contributed by atoms with E-state index in [1.165, 1.54) is 0 Å². The van der Waals surface area contributed by atoms with Gasteiger partial charge in [-0.2, -0.15) is 0 Å². The van der Waals surface area contributed by atoms with Crippen molar-refractivity contribution in [2.45, 2.75) is 119 Å². The number of rotatable bonds is 6. The summed E-state index contributed by atoms with van der Waals surface area (Å²) in [5.41, 5.74) is -0.888. The minimum Gasteiger partial charge on any atom is -0.394 e. The fourth-order valence-corrected chi connectivity index (χ4v) is 5.60. The highest BCUT2D eigenvalue weighted by molar-refractivity contribution is 5.04. The van der Waals surface area contributed by atoms with Crippen LogP contribution in [0.15, 0.2) is 0 Å². The van der Waals surface area contributed by atoms with Gasteiger partial charge in [-0.15, -0.1) is 0 Å². The summed E-state index contributed by atoms with van der Waals surface area (Å²) >= 11 is 0. The Balaban J connectivity index is 1.40. The van der Waals surface area contributed by atoms with E-state index in [0.717, 1.165) is 12.8 Å². The van der Waals surface area contributed by atoms with Gasteiger partial charge in [0.15, 0.2) is 12.6 Å². The second-order valence-electron chi connectivity index (χ2n) is 10.7. The minimum absolute atomic E-state index is 0.265. The van der Waals surface area contributed by atoms with Crippen LogP contribution in [0.2, 0.25) is 0 Å². The first-order valence-electron chi connectivity index (χ1n) is 11.9. The van der Waals surface area contributed by atoms with Crippen LogP contribution >= 0.6 is 0 Å². The highest BCUT2D eigenvalue weighted by atomic mass is 16.7. The molecule has 5 aliphatic rings. The fourth-order valence-electron chi connectivity index (χ4n) is 5.60. The summed E-state index contributed by atoms with van der Waals surface area (Å²) in [4.78, 5) is 0. The third kappa shape index (κ3) is 4.76. The molecular weight excluding hydrogens is 456 g/mol. The van der Waals surface area contributed by atoms with Crippen LogP contribution in [0.3, 0.4) is 0 Å². The highest BCUT2D eigenvalue weighted by Crippen LogP contribution is 2.51. The maximum Gasteiger partial charge on any atom is 0.187 e. The summed E-state index contributed by atoms with van der Waals surface area (Å²) < 4.78 is 28.9. The molecule has 12 heteroatoms. The molecule has 1 aliphatic carbocycles. The first kappa shape index (κ1) is 26.6. The largest absolute Gasteiger partial charge is 0.394 e. The van der Waals surface area contributed by atoms with Crippen LogP contribution in [0.4, 0.5) is 0 Å². The lowest BCUT2D eigenvalue weighted by Crippen LogP contribution is -2.65. The van der Waals surface area contributed by atoms with Crippen LogP contribution < -0.4 is 0 Å². The molecule has 0 radical (unpaired) electrons. The van der Waals surface area contributed by atoms with Crippen molar-refractivity contribution in [2.75, 3.05) is 13.2 Å². The van der Waals surface area contributed by atoms with E-state index in [9.17, 15) is 35.7 Å². The number of aliphatic hydroxyl groups excluding tert-OH is 7. The molecule has 0 amide bonds. The van der Waals surface area contributed by atoms with Gasteiger partial charge in [0.25, 0.3) is 0 Å². The Kier molecular flexibility index (Phi) is 7.63. The third-order valence-electron chi connectivity index (χ3n) is 7.89. The van der Waals surface area contributed by atoms with E-state index in [1.807, 2.05) is 20.8 Å². The highest BCUT2D eigenvalue weighted by Gasteiger charge is 2.56. The molecule has 0 aromatic heterocycles. The molecule has 5 rings (SSSR count). The van der Waals surface area contributed by atoms with Crippen molar-refractivity contribution in [1.29, 1.82) is 0 Å². The third-order valence-corrected chi connectivity index (χ3v) is 7.89. The monoisotopic (exact) mass is 494 g/mol. The van der Waals surface area contributed by atoms with Crippen molar-refractivity contribution in [1.82, 2.24) is 0 Å². The van der Waals surface area contributed by atoms with Gasteiger partial charge in [0.1, 0.15) is 48.8 Å². The van der Waals surface area contributed by atoms with E-state index in [2.05, 4.69) is 0 Å². The van der Waals surface area contributed by atoms with Gasteiger partial charge in [-0.25, -0.2) is 0 Å². The molecular formula is C22H38O12. The zero-order valence-electron chi connectivity index (χ0n) is 19.6. The fraction of sp³-hybridized carbons (Fsp3) is 1.00. The lowest BCUT2D eigenvalue weighted by molar-refractivity contribution is -0.361. The molecule has 0 aromatic rings. The van der Waals surface area contributed by atoms with Gasteiger partial charge in [-0.3, -0.25) is 0 Å². The molecule has 198 valence electrons. The number of fused-ring (bicyclic) bond motifs is 3. The summed E-state index contributed by atoms with van der Waals surface area (Å²) in [6.07, 6.45) is -12.4. The average molecular weight is 495 g/mol. The van der Waals surface area contributed by atoms with Crippen LogP contribution in [0.25, 0.3) is 0 Å². The van der Waals surface area contributed by atoms with Crippen molar-refractivity contribution in [3.63, 3.8) is 0 Å². The predicted molar refractivity (Wildman–Crippen MR) is 112 cm³/mol. The van der Waals surface area contributed by atoms with Crippen LogP contribution in [0.5, 0.6) is 0 Å². The quantitative estimate of drug-likeness (QED) is 0.204. The summed E-state index contributed by atoms with van der Waals surface area (Å²) in [7, 11) is 0. The van der Waals surface area contributed by atoms with E-state index in [1.54, 1.807) is 0 Å². The number of hydrogen-bond donors (Lipinski definition) is 7. The molecule has 4 saturated heterocycles. The zero-order valence-corrected chi connectivity index (χ0v) is 19.6. The zero-order chi connectivity index (χ0) is 25.0. The summed E-state index contributed by atoms with van der Waals surface area (Å²) in [5, 5.41) is 70.6. The molecule has 2 bridgehead atoms. The van der Waals surface area contributed by atoms with Crippen LogP contribution in [0, 0.1) is 5.92 Å². The van der Waals surface area contributed by atoms with Crippen molar-refractivity contribution in [2.24, 2.45) is 5.92 Å². The minimum atomic E-state index is -1.63. The Hall–Kier alpha value is -0.480.